The molecule has 0 spiro atoms. The molecule has 2 saturated heterocycles. The minimum absolute atomic E-state index is 0.728. The van der Waals surface area contributed by atoms with Crippen molar-refractivity contribution in [2.24, 2.45) is 10.9 Å². The molecule has 162 valence electrons. The van der Waals surface area contributed by atoms with Crippen LogP contribution in [0.25, 0.3) is 0 Å². The quantitative estimate of drug-likeness (QED) is 0.553. The lowest BCUT2D eigenvalue weighted by molar-refractivity contribution is 0.120. The Kier molecular flexibility index (Phi) is 8.43. The van der Waals surface area contributed by atoms with E-state index in [2.05, 4.69) is 37.1 Å². The van der Waals surface area contributed by atoms with E-state index < -0.39 is 0 Å². The molecule has 2 aliphatic heterocycles. The Morgan fingerprint density at radius 1 is 1.03 bits per heavy atom. The molecule has 0 aromatic heterocycles. The fraction of sp³-hybridized carbons (Fsp3) is 0.682. The van der Waals surface area contributed by atoms with Crippen molar-refractivity contribution in [3.8, 4) is 5.75 Å². The Labute approximate surface area is 175 Å². The van der Waals surface area contributed by atoms with Crippen LogP contribution in [0.5, 0.6) is 5.75 Å². The van der Waals surface area contributed by atoms with Gasteiger partial charge >= 0.3 is 0 Å². The molecule has 2 aliphatic rings. The lowest BCUT2D eigenvalue weighted by Crippen LogP contribution is -2.53. The molecule has 2 heterocycles. The van der Waals surface area contributed by atoms with Crippen molar-refractivity contribution in [2.45, 2.75) is 12.8 Å². The maximum atomic E-state index is 5.26. The lowest BCUT2D eigenvalue weighted by atomic mass is 9.97. The van der Waals surface area contributed by atoms with Crippen LogP contribution in [0.4, 0.5) is 5.69 Å². The second-order valence-electron chi connectivity index (χ2n) is 7.88. The van der Waals surface area contributed by atoms with Gasteiger partial charge in [0.1, 0.15) is 5.75 Å². The van der Waals surface area contributed by atoms with E-state index in [0.717, 1.165) is 63.5 Å². The van der Waals surface area contributed by atoms with Gasteiger partial charge in [0, 0.05) is 59.1 Å². The zero-order chi connectivity index (χ0) is 20.5. The summed E-state index contributed by atoms with van der Waals surface area (Å²) < 4.78 is 10.5. The average Bonchev–Trinajstić information content (AvgIpc) is 2.79. The number of guanidine groups is 1. The largest absolute Gasteiger partial charge is 0.497 e. The van der Waals surface area contributed by atoms with Crippen LogP contribution in [0.2, 0.25) is 0 Å². The molecule has 0 unspecified atom stereocenters. The first-order chi connectivity index (χ1) is 14.2. The van der Waals surface area contributed by atoms with Gasteiger partial charge < -0.3 is 29.5 Å². The van der Waals surface area contributed by atoms with Crippen LogP contribution in [0, 0.1) is 5.92 Å². The van der Waals surface area contributed by atoms with Crippen LogP contribution >= 0.6 is 0 Å². The first-order valence-corrected chi connectivity index (χ1v) is 10.8. The van der Waals surface area contributed by atoms with Gasteiger partial charge in [-0.1, -0.05) is 0 Å². The van der Waals surface area contributed by atoms with Crippen molar-refractivity contribution in [3.05, 3.63) is 24.3 Å². The molecule has 0 atom stereocenters. The van der Waals surface area contributed by atoms with Gasteiger partial charge in [0.2, 0.25) is 0 Å². The SMILES string of the molecule is CN=C(NCC1CCN(CCOC)CC1)N1CCN(c2ccc(OC)cc2)CC1. The molecule has 1 aromatic rings. The Morgan fingerprint density at radius 2 is 1.72 bits per heavy atom. The van der Waals surface area contributed by atoms with Crippen molar-refractivity contribution < 1.29 is 9.47 Å². The average molecular weight is 404 g/mol. The zero-order valence-corrected chi connectivity index (χ0v) is 18.3. The number of rotatable bonds is 7. The van der Waals surface area contributed by atoms with Gasteiger partial charge in [0.15, 0.2) is 5.96 Å². The van der Waals surface area contributed by atoms with E-state index in [1.54, 1.807) is 14.2 Å². The summed E-state index contributed by atoms with van der Waals surface area (Å²) in [7, 11) is 5.38. The van der Waals surface area contributed by atoms with Gasteiger partial charge in [-0.2, -0.15) is 0 Å². The third-order valence-electron chi connectivity index (χ3n) is 6.10. The molecule has 0 radical (unpaired) electrons. The summed E-state index contributed by atoms with van der Waals surface area (Å²) in [4.78, 5) is 11.9. The highest BCUT2D eigenvalue weighted by Crippen LogP contribution is 2.21. The molecule has 0 aliphatic carbocycles. The van der Waals surface area contributed by atoms with Crippen molar-refractivity contribution in [1.29, 1.82) is 0 Å². The van der Waals surface area contributed by atoms with Gasteiger partial charge in [-0.25, -0.2) is 0 Å². The summed E-state index contributed by atoms with van der Waals surface area (Å²) in [5.41, 5.74) is 1.26. The number of hydrogen-bond acceptors (Lipinski definition) is 5. The molecule has 7 heteroatoms. The summed E-state index contributed by atoms with van der Waals surface area (Å²) in [6.07, 6.45) is 2.50. The first kappa shape index (κ1) is 21.7. The molecule has 29 heavy (non-hydrogen) atoms. The molecule has 0 bridgehead atoms. The number of hydrogen-bond donors (Lipinski definition) is 1. The van der Waals surface area contributed by atoms with E-state index in [9.17, 15) is 0 Å². The monoisotopic (exact) mass is 403 g/mol. The van der Waals surface area contributed by atoms with Gasteiger partial charge in [-0.15, -0.1) is 0 Å². The number of nitrogens with one attached hydrogen (secondary N) is 1. The number of likely N-dealkylation sites (tertiary alicyclic amines) is 1. The third kappa shape index (κ3) is 6.24. The zero-order valence-electron chi connectivity index (χ0n) is 18.3. The minimum atomic E-state index is 0.728. The number of methoxy groups -OCH3 is 2. The molecule has 2 fully saturated rings. The van der Waals surface area contributed by atoms with E-state index in [1.807, 2.05) is 19.2 Å². The summed E-state index contributed by atoms with van der Waals surface area (Å²) in [5.74, 6) is 2.67. The first-order valence-electron chi connectivity index (χ1n) is 10.8. The van der Waals surface area contributed by atoms with E-state index in [-0.39, 0.29) is 0 Å². The predicted octanol–water partition coefficient (Wildman–Crippen LogP) is 1.75. The van der Waals surface area contributed by atoms with Crippen molar-refractivity contribution >= 4 is 11.6 Å². The fourth-order valence-corrected chi connectivity index (χ4v) is 4.17. The van der Waals surface area contributed by atoms with Crippen LogP contribution in [0.15, 0.2) is 29.3 Å². The van der Waals surface area contributed by atoms with Gasteiger partial charge in [-0.05, 0) is 56.1 Å². The maximum Gasteiger partial charge on any atom is 0.193 e. The highest BCUT2D eigenvalue weighted by Gasteiger charge is 2.22. The molecule has 3 rings (SSSR count). The fourth-order valence-electron chi connectivity index (χ4n) is 4.17. The standard InChI is InChI=1S/C22H37N5O2/c1-23-22(24-18-19-8-10-25(11-9-19)16-17-28-2)27-14-12-26(13-15-27)20-4-6-21(29-3)7-5-20/h4-7,19H,8-18H2,1-3H3,(H,23,24). The number of aliphatic imine (C=N–C) groups is 1. The predicted molar refractivity (Wildman–Crippen MR) is 119 cm³/mol. The smallest absolute Gasteiger partial charge is 0.193 e. The van der Waals surface area contributed by atoms with Gasteiger partial charge in [-0.3, -0.25) is 4.99 Å². The minimum Gasteiger partial charge on any atom is -0.497 e. The van der Waals surface area contributed by atoms with Gasteiger partial charge in [0.25, 0.3) is 0 Å². The Morgan fingerprint density at radius 3 is 2.31 bits per heavy atom. The topological polar surface area (TPSA) is 52.6 Å². The molecule has 1 N–H and O–H groups in total. The molecular formula is C22H37N5O2. The summed E-state index contributed by atoms with van der Waals surface area (Å²) in [5, 5.41) is 3.63. The van der Waals surface area contributed by atoms with Crippen LogP contribution < -0.4 is 15.0 Å². The van der Waals surface area contributed by atoms with Crippen LogP contribution in [-0.2, 0) is 4.74 Å². The lowest BCUT2D eigenvalue weighted by Gasteiger charge is -2.38. The Balaban J connectivity index is 1.40. The number of benzene rings is 1. The summed E-state index contributed by atoms with van der Waals surface area (Å²) >= 11 is 0. The van der Waals surface area contributed by atoms with Crippen molar-refractivity contribution in [1.82, 2.24) is 15.1 Å². The number of piperazine rings is 1. The van der Waals surface area contributed by atoms with E-state index in [4.69, 9.17) is 9.47 Å². The van der Waals surface area contributed by atoms with E-state index >= 15 is 0 Å². The maximum absolute atomic E-state index is 5.26. The Hall–Kier alpha value is -1.99. The van der Waals surface area contributed by atoms with Crippen molar-refractivity contribution in [2.75, 3.05) is 85.1 Å². The number of nitrogens with zero attached hydrogens (tertiary/aromatic N) is 4. The molecular weight excluding hydrogens is 366 g/mol. The second kappa shape index (κ2) is 11.3. The molecule has 7 nitrogen and oxygen atoms in total. The van der Waals surface area contributed by atoms with Crippen LogP contribution in [-0.4, -0.2) is 96.0 Å². The normalized spacial score (nSPS) is 19.5. The van der Waals surface area contributed by atoms with E-state index in [0.29, 0.717) is 0 Å². The highest BCUT2D eigenvalue weighted by atomic mass is 16.5. The summed E-state index contributed by atoms with van der Waals surface area (Å²) in [6, 6.07) is 8.34. The number of ether oxygens (including phenoxy) is 2. The Bertz CT molecular complexity index is 621. The van der Waals surface area contributed by atoms with Crippen molar-refractivity contribution in [3.63, 3.8) is 0 Å². The van der Waals surface area contributed by atoms with E-state index in [1.165, 1.54) is 31.6 Å². The molecule has 1 aromatic carbocycles. The highest BCUT2D eigenvalue weighted by molar-refractivity contribution is 5.80. The second-order valence-corrected chi connectivity index (χ2v) is 7.88. The number of piperidine rings is 1. The summed E-state index contributed by atoms with van der Waals surface area (Å²) in [6.45, 7) is 9.24. The number of anilines is 1. The van der Waals surface area contributed by atoms with Crippen LogP contribution in [0.3, 0.4) is 0 Å². The molecule has 0 amide bonds. The van der Waals surface area contributed by atoms with Crippen LogP contribution in [0.1, 0.15) is 12.8 Å². The molecule has 0 saturated carbocycles. The van der Waals surface area contributed by atoms with Gasteiger partial charge in [0.05, 0.1) is 13.7 Å². The third-order valence-corrected chi connectivity index (χ3v) is 6.10.